The van der Waals surface area contributed by atoms with E-state index in [0.29, 0.717) is 11.8 Å². The lowest BCUT2D eigenvalue weighted by Gasteiger charge is -2.33. The third-order valence-corrected chi connectivity index (χ3v) is 4.41. The van der Waals surface area contributed by atoms with Crippen LogP contribution in [0.1, 0.15) is 45.8 Å². The first-order valence-corrected chi connectivity index (χ1v) is 9.08. The number of aliphatic imine (C=N–C) groups is 1. The van der Waals surface area contributed by atoms with Crippen molar-refractivity contribution in [2.24, 2.45) is 4.99 Å². The Labute approximate surface area is 145 Å². The lowest BCUT2D eigenvalue weighted by molar-refractivity contribution is 0.0436. The quantitative estimate of drug-likeness (QED) is 0.524. The standard InChI is InChI=1S/C18H32N4O2/c1-4-10-22-11-8-15(9-12-22)21-17(19-5-2)20-14-18(3,23)16-7-6-13-24-16/h6-7,13,15,23H,4-5,8-12,14H2,1-3H3,(H2,19,20,21). The molecule has 3 N–H and O–H groups in total. The molecule has 0 aliphatic carbocycles. The molecule has 1 aromatic rings. The normalized spacial score (nSPS) is 19.9. The average Bonchev–Trinajstić information content (AvgIpc) is 3.10. The smallest absolute Gasteiger partial charge is 0.191 e. The van der Waals surface area contributed by atoms with Crippen LogP contribution >= 0.6 is 0 Å². The Hall–Kier alpha value is -1.53. The highest BCUT2D eigenvalue weighted by Gasteiger charge is 2.26. The van der Waals surface area contributed by atoms with Crippen molar-refractivity contribution in [2.45, 2.75) is 51.7 Å². The third kappa shape index (κ3) is 5.53. The molecule has 0 aromatic carbocycles. The number of guanidine groups is 1. The molecule has 0 spiro atoms. The first kappa shape index (κ1) is 18.8. The predicted molar refractivity (Wildman–Crippen MR) is 97.1 cm³/mol. The van der Waals surface area contributed by atoms with Gasteiger partial charge in [-0.05, 0) is 51.8 Å². The molecule has 1 fully saturated rings. The number of nitrogens with one attached hydrogen (secondary N) is 2. The van der Waals surface area contributed by atoms with Gasteiger partial charge in [0.05, 0.1) is 12.8 Å². The Kier molecular flexibility index (Phi) is 7.12. The van der Waals surface area contributed by atoms with Crippen molar-refractivity contribution in [3.63, 3.8) is 0 Å². The summed E-state index contributed by atoms with van der Waals surface area (Å²) in [5.41, 5.74) is -1.10. The molecule has 1 aliphatic rings. The summed E-state index contributed by atoms with van der Waals surface area (Å²) in [5, 5.41) is 17.3. The first-order valence-electron chi connectivity index (χ1n) is 9.08. The molecule has 6 nitrogen and oxygen atoms in total. The van der Waals surface area contributed by atoms with E-state index in [1.165, 1.54) is 13.0 Å². The van der Waals surface area contributed by atoms with Crippen LogP contribution in [0.2, 0.25) is 0 Å². The monoisotopic (exact) mass is 336 g/mol. The summed E-state index contributed by atoms with van der Waals surface area (Å²) in [7, 11) is 0. The molecule has 1 aliphatic heterocycles. The first-order chi connectivity index (χ1) is 11.5. The van der Waals surface area contributed by atoms with Crippen LogP contribution in [-0.2, 0) is 5.60 Å². The van der Waals surface area contributed by atoms with Crippen LogP contribution in [0, 0.1) is 0 Å². The van der Waals surface area contributed by atoms with E-state index in [2.05, 4.69) is 27.4 Å². The van der Waals surface area contributed by atoms with E-state index in [4.69, 9.17) is 4.42 Å². The molecule has 0 saturated carbocycles. The lowest BCUT2D eigenvalue weighted by atomic mass is 10.0. The molecule has 1 aromatic heterocycles. The van der Waals surface area contributed by atoms with E-state index in [1.807, 2.05) is 6.92 Å². The van der Waals surface area contributed by atoms with Gasteiger partial charge in [0.1, 0.15) is 11.4 Å². The highest BCUT2D eigenvalue weighted by Crippen LogP contribution is 2.21. The SMILES string of the molecule is CCCN1CCC(NC(=NCC(C)(O)c2ccco2)NCC)CC1. The molecule has 6 heteroatoms. The van der Waals surface area contributed by atoms with Gasteiger partial charge in [0.25, 0.3) is 0 Å². The third-order valence-electron chi connectivity index (χ3n) is 4.41. The fraction of sp³-hybridized carbons (Fsp3) is 0.722. The number of rotatable bonds is 7. The average molecular weight is 336 g/mol. The van der Waals surface area contributed by atoms with Crippen LogP contribution in [0.15, 0.2) is 27.8 Å². The van der Waals surface area contributed by atoms with Gasteiger partial charge < -0.3 is 25.1 Å². The Morgan fingerprint density at radius 3 is 2.75 bits per heavy atom. The van der Waals surface area contributed by atoms with Crippen LogP contribution in [0.4, 0.5) is 0 Å². The van der Waals surface area contributed by atoms with Gasteiger partial charge in [-0.25, -0.2) is 4.99 Å². The molecule has 2 rings (SSSR count). The van der Waals surface area contributed by atoms with E-state index in [-0.39, 0.29) is 6.54 Å². The Bertz CT molecular complexity index is 491. The Balaban J connectivity index is 1.89. The highest BCUT2D eigenvalue weighted by atomic mass is 16.4. The number of hydrogen-bond acceptors (Lipinski definition) is 4. The maximum atomic E-state index is 10.5. The van der Waals surface area contributed by atoms with Crippen molar-refractivity contribution in [1.29, 1.82) is 0 Å². The zero-order valence-corrected chi connectivity index (χ0v) is 15.2. The second kappa shape index (κ2) is 9.08. The fourth-order valence-corrected chi connectivity index (χ4v) is 3.03. The highest BCUT2D eigenvalue weighted by molar-refractivity contribution is 5.80. The number of hydrogen-bond donors (Lipinski definition) is 3. The largest absolute Gasteiger partial charge is 0.466 e. The molecule has 0 bridgehead atoms. The van der Waals surface area contributed by atoms with Gasteiger partial charge in [-0.3, -0.25) is 0 Å². The zero-order chi connectivity index (χ0) is 17.4. The summed E-state index contributed by atoms with van der Waals surface area (Å²) >= 11 is 0. The van der Waals surface area contributed by atoms with Gasteiger partial charge in [-0.2, -0.15) is 0 Å². The fourth-order valence-electron chi connectivity index (χ4n) is 3.03. The Morgan fingerprint density at radius 2 is 2.17 bits per heavy atom. The van der Waals surface area contributed by atoms with Gasteiger partial charge >= 0.3 is 0 Å². The van der Waals surface area contributed by atoms with Crippen molar-refractivity contribution in [3.8, 4) is 0 Å². The van der Waals surface area contributed by atoms with Gasteiger partial charge in [-0.15, -0.1) is 0 Å². The lowest BCUT2D eigenvalue weighted by Crippen LogP contribution is -2.49. The molecule has 1 unspecified atom stereocenters. The van der Waals surface area contributed by atoms with E-state index >= 15 is 0 Å². The number of aliphatic hydroxyl groups is 1. The van der Waals surface area contributed by atoms with Gasteiger partial charge in [0, 0.05) is 25.7 Å². The molecule has 136 valence electrons. The van der Waals surface area contributed by atoms with Crippen LogP contribution in [0.5, 0.6) is 0 Å². The Morgan fingerprint density at radius 1 is 1.42 bits per heavy atom. The van der Waals surface area contributed by atoms with E-state index < -0.39 is 5.60 Å². The van der Waals surface area contributed by atoms with E-state index in [0.717, 1.165) is 38.4 Å². The second-order valence-corrected chi connectivity index (χ2v) is 6.71. The molecular formula is C18H32N4O2. The minimum Gasteiger partial charge on any atom is -0.466 e. The summed E-state index contributed by atoms with van der Waals surface area (Å²) in [4.78, 5) is 7.08. The minimum atomic E-state index is -1.10. The molecule has 0 amide bonds. The molecule has 1 atom stereocenters. The van der Waals surface area contributed by atoms with Crippen molar-refractivity contribution < 1.29 is 9.52 Å². The van der Waals surface area contributed by atoms with Crippen molar-refractivity contribution >= 4 is 5.96 Å². The maximum Gasteiger partial charge on any atom is 0.191 e. The van der Waals surface area contributed by atoms with E-state index in [1.54, 1.807) is 25.3 Å². The van der Waals surface area contributed by atoms with Crippen molar-refractivity contribution in [2.75, 3.05) is 32.7 Å². The number of likely N-dealkylation sites (tertiary alicyclic amines) is 1. The summed E-state index contributed by atoms with van der Waals surface area (Å²) in [6, 6.07) is 3.99. The summed E-state index contributed by atoms with van der Waals surface area (Å²) < 4.78 is 5.31. The summed E-state index contributed by atoms with van der Waals surface area (Å²) in [6.07, 6.45) is 5.03. The van der Waals surface area contributed by atoms with Crippen molar-refractivity contribution in [3.05, 3.63) is 24.2 Å². The zero-order valence-electron chi connectivity index (χ0n) is 15.2. The predicted octanol–water partition coefficient (Wildman–Crippen LogP) is 1.92. The molecule has 2 heterocycles. The molecule has 0 radical (unpaired) electrons. The topological polar surface area (TPSA) is 73.0 Å². The number of furan rings is 1. The number of piperidine rings is 1. The second-order valence-electron chi connectivity index (χ2n) is 6.71. The molecule has 1 saturated heterocycles. The van der Waals surface area contributed by atoms with Gasteiger partial charge in [-0.1, -0.05) is 6.92 Å². The van der Waals surface area contributed by atoms with Gasteiger partial charge in [0.2, 0.25) is 0 Å². The van der Waals surface area contributed by atoms with Crippen LogP contribution in [0.25, 0.3) is 0 Å². The summed E-state index contributed by atoms with van der Waals surface area (Å²) in [6.45, 7) is 10.5. The molecule has 24 heavy (non-hydrogen) atoms. The van der Waals surface area contributed by atoms with Gasteiger partial charge in [0.15, 0.2) is 5.96 Å². The van der Waals surface area contributed by atoms with Crippen molar-refractivity contribution in [1.82, 2.24) is 15.5 Å². The van der Waals surface area contributed by atoms with Crippen LogP contribution < -0.4 is 10.6 Å². The maximum absolute atomic E-state index is 10.5. The number of nitrogens with zero attached hydrogens (tertiary/aromatic N) is 2. The summed E-state index contributed by atoms with van der Waals surface area (Å²) in [5.74, 6) is 1.30. The minimum absolute atomic E-state index is 0.254. The molecular weight excluding hydrogens is 304 g/mol. The van der Waals surface area contributed by atoms with Crippen LogP contribution in [-0.4, -0.2) is 54.7 Å². The van der Waals surface area contributed by atoms with Crippen LogP contribution in [0.3, 0.4) is 0 Å². The van der Waals surface area contributed by atoms with E-state index in [9.17, 15) is 5.11 Å².